The number of fused-ring (bicyclic) bond motifs is 2. The summed E-state index contributed by atoms with van der Waals surface area (Å²) in [4.78, 5) is 0. The Bertz CT molecular complexity index is 134. The molecule has 0 amide bonds. The molecule has 1 saturated heterocycles. The summed E-state index contributed by atoms with van der Waals surface area (Å²) < 4.78 is 26.5. The predicted octanol–water partition coefficient (Wildman–Crippen LogP) is 1.64. The molecule has 11 heavy (non-hydrogen) atoms. The Kier molecular flexibility index (Phi) is 1.63. The average molecular weight is 161 g/mol. The van der Waals surface area contributed by atoms with Crippen molar-refractivity contribution in [3.05, 3.63) is 0 Å². The average Bonchev–Trinajstić information content (AvgIpc) is 1.82. The summed E-state index contributed by atoms with van der Waals surface area (Å²) in [6.07, 6.45) is 2.40. The van der Waals surface area contributed by atoms with Gasteiger partial charge in [-0.15, -0.1) is 0 Å². The van der Waals surface area contributed by atoms with Crippen molar-refractivity contribution < 1.29 is 8.78 Å². The predicted molar refractivity (Wildman–Crippen MR) is 38.6 cm³/mol. The van der Waals surface area contributed by atoms with Gasteiger partial charge in [0.1, 0.15) is 0 Å². The molecule has 3 heteroatoms. The van der Waals surface area contributed by atoms with E-state index in [4.69, 9.17) is 0 Å². The molecule has 1 N–H and O–H groups in total. The summed E-state index contributed by atoms with van der Waals surface area (Å²) in [6.45, 7) is 1.03. The first-order chi connectivity index (χ1) is 5.21. The van der Waals surface area contributed by atoms with Crippen LogP contribution in [-0.4, -0.2) is 19.0 Å². The van der Waals surface area contributed by atoms with Crippen LogP contribution in [0.3, 0.4) is 0 Å². The molecule has 1 heterocycles. The molecule has 1 saturated carbocycles. The lowest BCUT2D eigenvalue weighted by Crippen LogP contribution is -2.53. The van der Waals surface area contributed by atoms with Crippen LogP contribution in [-0.2, 0) is 0 Å². The van der Waals surface area contributed by atoms with Crippen molar-refractivity contribution in [2.24, 2.45) is 11.8 Å². The number of hydrogen-bond acceptors (Lipinski definition) is 1. The van der Waals surface area contributed by atoms with Crippen LogP contribution in [0.15, 0.2) is 0 Å². The molecule has 1 aliphatic heterocycles. The minimum absolute atomic E-state index is 0.380. The minimum atomic E-state index is -2.37. The van der Waals surface area contributed by atoms with E-state index in [1.807, 2.05) is 0 Å². The Morgan fingerprint density at radius 1 is 1.09 bits per heavy atom. The molecule has 0 radical (unpaired) electrons. The fourth-order valence-corrected chi connectivity index (χ4v) is 2.24. The van der Waals surface area contributed by atoms with Crippen LogP contribution in [0.25, 0.3) is 0 Å². The van der Waals surface area contributed by atoms with E-state index >= 15 is 0 Å². The van der Waals surface area contributed by atoms with E-state index in [9.17, 15) is 8.78 Å². The van der Waals surface area contributed by atoms with Gasteiger partial charge >= 0.3 is 0 Å². The molecule has 2 aliphatic rings. The van der Waals surface area contributed by atoms with Gasteiger partial charge in [-0.3, -0.25) is 0 Å². The van der Waals surface area contributed by atoms with E-state index in [1.165, 1.54) is 0 Å². The van der Waals surface area contributed by atoms with Gasteiger partial charge < -0.3 is 5.32 Å². The zero-order valence-corrected chi connectivity index (χ0v) is 6.45. The van der Waals surface area contributed by atoms with E-state index in [0.29, 0.717) is 25.9 Å². The Morgan fingerprint density at radius 3 is 2.09 bits per heavy atom. The zero-order chi connectivity index (χ0) is 7.90. The molecule has 0 aromatic rings. The molecular weight excluding hydrogens is 148 g/mol. The van der Waals surface area contributed by atoms with Crippen molar-refractivity contribution in [2.75, 3.05) is 13.1 Å². The topological polar surface area (TPSA) is 12.0 Å². The van der Waals surface area contributed by atoms with Gasteiger partial charge in [-0.2, -0.15) is 0 Å². The fourth-order valence-electron chi connectivity index (χ4n) is 2.24. The second-order valence-corrected chi connectivity index (χ2v) is 3.66. The third-order valence-electron chi connectivity index (χ3n) is 2.98. The van der Waals surface area contributed by atoms with Crippen LogP contribution < -0.4 is 5.32 Å². The second kappa shape index (κ2) is 2.41. The first kappa shape index (κ1) is 7.47. The number of alkyl halides is 2. The minimum Gasteiger partial charge on any atom is -0.316 e. The molecule has 1 nitrogen and oxygen atoms in total. The Balaban J connectivity index is 2.17. The molecule has 2 rings (SSSR count). The number of piperidine rings is 1. The lowest BCUT2D eigenvalue weighted by atomic mass is 9.75. The normalized spacial score (nSPS) is 42.0. The van der Waals surface area contributed by atoms with Crippen molar-refractivity contribution in [3.63, 3.8) is 0 Å². The summed E-state index contributed by atoms with van der Waals surface area (Å²) >= 11 is 0. The summed E-state index contributed by atoms with van der Waals surface area (Å²) in [5, 5.41) is 3.06. The van der Waals surface area contributed by atoms with Gasteiger partial charge in [0, 0.05) is 24.9 Å². The van der Waals surface area contributed by atoms with Gasteiger partial charge in [-0.05, 0) is 12.8 Å². The molecule has 0 aromatic carbocycles. The van der Waals surface area contributed by atoms with Gasteiger partial charge in [0.05, 0.1) is 0 Å². The van der Waals surface area contributed by atoms with Crippen molar-refractivity contribution in [1.29, 1.82) is 0 Å². The van der Waals surface area contributed by atoms with Crippen LogP contribution in [0.4, 0.5) is 8.78 Å². The van der Waals surface area contributed by atoms with Crippen molar-refractivity contribution in [2.45, 2.75) is 25.2 Å². The highest BCUT2D eigenvalue weighted by Crippen LogP contribution is 2.44. The molecule has 2 atom stereocenters. The monoisotopic (exact) mass is 161 g/mol. The number of rotatable bonds is 0. The van der Waals surface area contributed by atoms with Gasteiger partial charge in [0.2, 0.25) is 0 Å². The van der Waals surface area contributed by atoms with Crippen molar-refractivity contribution >= 4 is 0 Å². The number of hydrogen-bond donors (Lipinski definition) is 1. The van der Waals surface area contributed by atoms with Gasteiger partial charge in [-0.1, -0.05) is 6.42 Å². The van der Waals surface area contributed by atoms with Crippen LogP contribution in [0.2, 0.25) is 0 Å². The third-order valence-corrected chi connectivity index (χ3v) is 2.98. The molecule has 0 aromatic heterocycles. The van der Waals surface area contributed by atoms with Crippen molar-refractivity contribution in [3.8, 4) is 0 Å². The van der Waals surface area contributed by atoms with E-state index in [2.05, 4.69) is 5.32 Å². The molecule has 2 fully saturated rings. The summed E-state index contributed by atoms with van der Waals surface area (Å²) in [6, 6.07) is 0. The number of nitrogens with one attached hydrogen (secondary N) is 1. The summed E-state index contributed by atoms with van der Waals surface area (Å²) in [7, 11) is 0. The second-order valence-electron chi connectivity index (χ2n) is 3.66. The van der Waals surface area contributed by atoms with Crippen LogP contribution in [0.5, 0.6) is 0 Å². The molecule has 0 spiro atoms. The largest absolute Gasteiger partial charge is 0.316 e. The fraction of sp³-hybridized carbons (Fsp3) is 1.00. The first-order valence-electron chi connectivity index (χ1n) is 4.30. The summed E-state index contributed by atoms with van der Waals surface area (Å²) in [5.74, 6) is -3.13. The quantitative estimate of drug-likeness (QED) is 0.569. The van der Waals surface area contributed by atoms with E-state index in [1.54, 1.807) is 0 Å². The summed E-state index contributed by atoms with van der Waals surface area (Å²) in [5.41, 5.74) is 0. The van der Waals surface area contributed by atoms with Gasteiger partial charge in [0.15, 0.2) is 0 Å². The molecular formula is C8H13F2N. The highest BCUT2D eigenvalue weighted by Gasteiger charge is 2.50. The maximum Gasteiger partial charge on any atom is 0.256 e. The van der Waals surface area contributed by atoms with E-state index in [0.717, 1.165) is 6.42 Å². The zero-order valence-electron chi connectivity index (χ0n) is 6.45. The Labute approximate surface area is 65.2 Å². The lowest BCUT2D eigenvalue weighted by Gasteiger charge is -2.42. The highest BCUT2D eigenvalue weighted by atomic mass is 19.3. The smallest absolute Gasteiger partial charge is 0.256 e. The maximum atomic E-state index is 13.3. The van der Waals surface area contributed by atoms with Crippen molar-refractivity contribution in [1.82, 2.24) is 5.32 Å². The molecule has 2 bridgehead atoms. The van der Waals surface area contributed by atoms with E-state index < -0.39 is 5.92 Å². The maximum absolute atomic E-state index is 13.3. The lowest BCUT2D eigenvalue weighted by molar-refractivity contribution is -0.144. The van der Waals surface area contributed by atoms with Gasteiger partial charge in [-0.25, -0.2) is 8.78 Å². The molecule has 0 unspecified atom stereocenters. The van der Waals surface area contributed by atoms with E-state index in [-0.39, 0.29) is 11.8 Å². The van der Waals surface area contributed by atoms with Crippen LogP contribution >= 0.6 is 0 Å². The Morgan fingerprint density at radius 2 is 1.64 bits per heavy atom. The highest BCUT2D eigenvalue weighted by molar-refractivity contribution is 4.94. The third kappa shape index (κ3) is 1.06. The SMILES string of the molecule is FC1(F)[C@@H]2CCC[C@H]1CNC2. The molecule has 1 aliphatic carbocycles. The van der Waals surface area contributed by atoms with Crippen LogP contribution in [0.1, 0.15) is 19.3 Å². The van der Waals surface area contributed by atoms with Crippen LogP contribution in [0, 0.1) is 11.8 Å². The first-order valence-corrected chi connectivity index (χ1v) is 4.30. The van der Waals surface area contributed by atoms with Gasteiger partial charge in [0.25, 0.3) is 5.92 Å². The standard InChI is InChI=1S/C8H13F2N/c9-8(10)6-2-1-3-7(8)5-11-4-6/h6-7,11H,1-5H2/t6-,7+. The Hall–Kier alpha value is -0.180. The molecule has 64 valence electrons. The number of halogens is 2.